The van der Waals surface area contributed by atoms with Crippen LogP contribution in [0.15, 0.2) is 18.2 Å². The van der Waals surface area contributed by atoms with E-state index in [1.165, 1.54) is 18.5 Å². The van der Waals surface area contributed by atoms with Crippen molar-refractivity contribution in [2.45, 2.75) is 44.7 Å². The first-order valence-corrected chi connectivity index (χ1v) is 6.70. The molecule has 0 heterocycles. The third kappa shape index (κ3) is 2.93. The first-order valence-electron chi connectivity index (χ1n) is 6.32. The van der Waals surface area contributed by atoms with Crippen molar-refractivity contribution in [1.29, 1.82) is 0 Å². The molecule has 1 aromatic carbocycles. The van der Waals surface area contributed by atoms with E-state index in [0.29, 0.717) is 12.1 Å². The van der Waals surface area contributed by atoms with Crippen molar-refractivity contribution in [3.05, 3.63) is 28.8 Å². The summed E-state index contributed by atoms with van der Waals surface area (Å²) in [6.45, 7) is 2.03. The average Bonchev–Trinajstić information content (AvgIpc) is 2.33. The molecule has 0 aliphatic heterocycles. The SMILES string of the molecule is Cc1ccc(N(C)C2CCC(N)CC2)cc1Cl. The lowest BCUT2D eigenvalue weighted by Crippen LogP contribution is -2.38. The first-order chi connectivity index (χ1) is 8.08. The molecule has 1 saturated carbocycles. The summed E-state index contributed by atoms with van der Waals surface area (Å²) in [6.07, 6.45) is 4.63. The van der Waals surface area contributed by atoms with Gasteiger partial charge in [0.2, 0.25) is 0 Å². The number of halogens is 1. The minimum atomic E-state index is 0.404. The third-order valence-corrected chi connectivity index (χ3v) is 4.26. The van der Waals surface area contributed by atoms with E-state index in [1.807, 2.05) is 6.92 Å². The van der Waals surface area contributed by atoms with Gasteiger partial charge in [0.15, 0.2) is 0 Å². The van der Waals surface area contributed by atoms with Crippen LogP contribution in [0.2, 0.25) is 5.02 Å². The van der Waals surface area contributed by atoms with Crippen LogP contribution in [0.1, 0.15) is 31.2 Å². The van der Waals surface area contributed by atoms with E-state index < -0.39 is 0 Å². The minimum absolute atomic E-state index is 0.404. The number of nitrogens with zero attached hydrogens (tertiary/aromatic N) is 1. The van der Waals surface area contributed by atoms with E-state index in [-0.39, 0.29) is 0 Å². The van der Waals surface area contributed by atoms with Gasteiger partial charge in [0.25, 0.3) is 0 Å². The molecule has 1 aromatic rings. The van der Waals surface area contributed by atoms with E-state index in [2.05, 4.69) is 30.1 Å². The van der Waals surface area contributed by atoms with Crippen LogP contribution in [0.3, 0.4) is 0 Å². The molecule has 1 fully saturated rings. The summed E-state index contributed by atoms with van der Waals surface area (Å²) in [6, 6.07) is 7.30. The third-order valence-electron chi connectivity index (χ3n) is 3.85. The Labute approximate surface area is 109 Å². The summed E-state index contributed by atoms with van der Waals surface area (Å²) in [4.78, 5) is 2.34. The Kier molecular flexibility index (Phi) is 3.95. The second kappa shape index (κ2) is 5.28. The van der Waals surface area contributed by atoms with Crippen molar-refractivity contribution in [3.8, 4) is 0 Å². The quantitative estimate of drug-likeness (QED) is 0.875. The van der Waals surface area contributed by atoms with Crippen LogP contribution >= 0.6 is 11.6 Å². The zero-order valence-electron chi connectivity index (χ0n) is 10.6. The van der Waals surface area contributed by atoms with E-state index >= 15 is 0 Å². The molecule has 0 unspecified atom stereocenters. The molecule has 2 rings (SSSR count). The lowest BCUT2D eigenvalue weighted by molar-refractivity contribution is 0.385. The molecule has 1 aliphatic carbocycles. The molecule has 94 valence electrons. The highest BCUT2D eigenvalue weighted by atomic mass is 35.5. The number of hydrogen-bond acceptors (Lipinski definition) is 2. The number of hydrogen-bond donors (Lipinski definition) is 1. The van der Waals surface area contributed by atoms with Crippen molar-refractivity contribution in [2.24, 2.45) is 5.73 Å². The molecule has 1 aliphatic rings. The summed E-state index contributed by atoms with van der Waals surface area (Å²) in [5.41, 5.74) is 8.28. The van der Waals surface area contributed by atoms with Gasteiger partial charge in [0, 0.05) is 29.8 Å². The fourth-order valence-electron chi connectivity index (χ4n) is 2.50. The Bertz CT molecular complexity index is 384. The van der Waals surface area contributed by atoms with Gasteiger partial charge in [-0.25, -0.2) is 0 Å². The largest absolute Gasteiger partial charge is 0.372 e. The molecule has 3 heteroatoms. The van der Waals surface area contributed by atoms with E-state index in [1.54, 1.807) is 0 Å². The average molecular weight is 253 g/mol. The van der Waals surface area contributed by atoms with E-state index in [4.69, 9.17) is 17.3 Å². The van der Waals surface area contributed by atoms with Gasteiger partial charge in [-0.1, -0.05) is 17.7 Å². The van der Waals surface area contributed by atoms with Crippen molar-refractivity contribution >= 4 is 17.3 Å². The Hall–Kier alpha value is -0.730. The fraction of sp³-hybridized carbons (Fsp3) is 0.571. The number of nitrogens with two attached hydrogens (primary N) is 1. The Morgan fingerprint density at radius 2 is 1.88 bits per heavy atom. The molecular formula is C14H21ClN2. The second-order valence-corrected chi connectivity index (χ2v) is 5.52. The Morgan fingerprint density at radius 3 is 2.47 bits per heavy atom. The van der Waals surface area contributed by atoms with Gasteiger partial charge >= 0.3 is 0 Å². The molecule has 17 heavy (non-hydrogen) atoms. The predicted molar refractivity (Wildman–Crippen MR) is 74.8 cm³/mol. The lowest BCUT2D eigenvalue weighted by Gasteiger charge is -2.35. The number of anilines is 1. The van der Waals surface area contributed by atoms with Crippen LogP contribution in [-0.4, -0.2) is 19.1 Å². The van der Waals surface area contributed by atoms with Crippen LogP contribution in [0.25, 0.3) is 0 Å². The molecule has 0 saturated heterocycles. The topological polar surface area (TPSA) is 29.3 Å². The molecular weight excluding hydrogens is 232 g/mol. The number of aryl methyl sites for hydroxylation is 1. The summed E-state index contributed by atoms with van der Waals surface area (Å²) in [5, 5.41) is 0.849. The maximum atomic E-state index is 6.17. The number of benzene rings is 1. The minimum Gasteiger partial charge on any atom is -0.372 e. The van der Waals surface area contributed by atoms with Crippen molar-refractivity contribution in [3.63, 3.8) is 0 Å². The van der Waals surface area contributed by atoms with Crippen LogP contribution < -0.4 is 10.6 Å². The summed E-state index contributed by atoms with van der Waals surface area (Å²) >= 11 is 6.17. The molecule has 0 spiro atoms. The molecule has 2 N–H and O–H groups in total. The van der Waals surface area contributed by atoms with E-state index in [0.717, 1.165) is 23.4 Å². The maximum Gasteiger partial charge on any atom is 0.0455 e. The lowest BCUT2D eigenvalue weighted by atomic mass is 9.91. The summed E-state index contributed by atoms with van der Waals surface area (Å²) in [7, 11) is 2.16. The first kappa shape index (κ1) is 12.7. The van der Waals surface area contributed by atoms with Gasteiger partial charge in [-0.15, -0.1) is 0 Å². The highest BCUT2D eigenvalue weighted by molar-refractivity contribution is 6.31. The summed E-state index contributed by atoms with van der Waals surface area (Å²) < 4.78 is 0. The highest BCUT2D eigenvalue weighted by Gasteiger charge is 2.22. The monoisotopic (exact) mass is 252 g/mol. The predicted octanol–water partition coefficient (Wildman–Crippen LogP) is 3.35. The molecule has 0 atom stereocenters. The highest BCUT2D eigenvalue weighted by Crippen LogP contribution is 2.28. The van der Waals surface area contributed by atoms with Gasteiger partial charge in [-0.3, -0.25) is 0 Å². The van der Waals surface area contributed by atoms with Crippen molar-refractivity contribution < 1.29 is 0 Å². The van der Waals surface area contributed by atoms with Crippen LogP contribution in [0.5, 0.6) is 0 Å². The van der Waals surface area contributed by atoms with Gasteiger partial charge in [-0.05, 0) is 50.3 Å². The van der Waals surface area contributed by atoms with Crippen LogP contribution in [0.4, 0.5) is 5.69 Å². The van der Waals surface area contributed by atoms with Gasteiger partial charge < -0.3 is 10.6 Å². The van der Waals surface area contributed by atoms with Crippen molar-refractivity contribution in [2.75, 3.05) is 11.9 Å². The van der Waals surface area contributed by atoms with Gasteiger partial charge in [0.1, 0.15) is 0 Å². The molecule has 0 radical (unpaired) electrons. The normalized spacial score (nSPS) is 24.7. The Morgan fingerprint density at radius 1 is 1.24 bits per heavy atom. The maximum absolute atomic E-state index is 6.17. The molecule has 0 amide bonds. The summed E-state index contributed by atoms with van der Waals surface area (Å²) in [5.74, 6) is 0. The van der Waals surface area contributed by atoms with E-state index in [9.17, 15) is 0 Å². The van der Waals surface area contributed by atoms with Crippen LogP contribution in [0, 0.1) is 6.92 Å². The molecule has 2 nitrogen and oxygen atoms in total. The smallest absolute Gasteiger partial charge is 0.0455 e. The Balaban J connectivity index is 2.08. The fourth-order valence-corrected chi connectivity index (χ4v) is 2.68. The zero-order chi connectivity index (χ0) is 12.4. The van der Waals surface area contributed by atoms with Gasteiger partial charge in [0.05, 0.1) is 0 Å². The second-order valence-electron chi connectivity index (χ2n) is 5.11. The molecule has 0 aromatic heterocycles. The standard InChI is InChI=1S/C14H21ClN2/c1-10-3-6-13(9-14(10)15)17(2)12-7-4-11(16)5-8-12/h3,6,9,11-12H,4-5,7-8,16H2,1-2H3. The molecule has 0 bridgehead atoms. The van der Waals surface area contributed by atoms with Crippen LogP contribution in [-0.2, 0) is 0 Å². The van der Waals surface area contributed by atoms with Gasteiger partial charge in [-0.2, -0.15) is 0 Å². The zero-order valence-corrected chi connectivity index (χ0v) is 11.4. The number of rotatable bonds is 2. The van der Waals surface area contributed by atoms with Crippen molar-refractivity contribution in [1.82, 2.24) is 0 Å².